The maximum atomic E-state index is 13.7. The minimum Gasteiger partial charge on any atom is -0.453 e. The Bertz CT molecular complexity index is 856. The normalized spacial score (nSPS) is 15.4. The first kappa shape index (κ1) is 14.1. The molecule has 4 rings (SSSR count). The van der Waals surface area contributed by atoms with Crippen LogP contribution >= 0.6 is 0 Å². The highest BCUT2D eigenvalue weighted by molar-refractivity contribution is 5.78. The van der Waals surface area contributed by atoms with Crippen LogP contribution in [-0.2, 0) is 0 Å². The number of H-pyrrole nitrogens is 1. The number of hydrogen-bond acceptors (Lipinski definition) is 3. The highest BCUT2D eigenvalue weighted by Crippen LogP contribution is 2.36. The number of pyridine rings is 1. The van der Waals surface area contributed by atoms with Crippen molar-refractivity contribution in [2.45, 2.75) is 31.6 Å². The first-order chi connectivity index (χ1) is 11.2. The summed E-state index contributed by atoms with van der Waals surface area (Å²) in [7, 11) is 0. The van der Waals surface area contributed by atoms with Crippen molar-refractivity contribution in [3.63, 3.8) is 0 Å². The van der Waals surface area contributed by atoms with Gasteiger partial charge in [-0.1, -0.05) is 12.8 Å². The first-order valence-corrected chi connectivity index (χ1v) is 7.67. The molecule has 2 aromatic heterocycles. The Morgan fingerprint density at radius 3 is 2.74 bits per heavy atom. The monoisotopic (exact) mass is 315 g/mol. The molecule has 0 saturated heterocycles. The van der Waals surface area contributed by atoms with Crippen molar-refractivity contribution < 1.29 is 13.5 Å². The lowest BCUT2D eigenvalue weighted by atomic mass is 10.0. The molecule has 0 aliphatic heterocycles. The van der Waals surface area contributed by atoms with Gasteiger partial charge < -0.3 is 4.74 Å². The molecule has 23 heavy (non-hydrogen) atoms. The lowest BCUT2D eigenvalue weighted by molar-refractivity contribution is 0.437. The Morgan fingerprint density at radius 2 is 1.96 bits per heavy atom. The number of benzene rings is 1. The highest BCUT2D eigenvalue weighted by atomic mass is 19.1. The fourth-order valence-corrected chi connectivity index (χ4v) is 3.14. The largest absolute Gasteiger partial charge is 0.453 e. The van der Waals surface area contributed by atoms with Gasteiger partial charge in [0.2, 0.25) is 0 Å². The third-order valence-corrected chi connectivity index (χ3v) is 4.28. The van der Waals surface area contributed by atoms with Crippen LogP contribution in [0.4, 0.5) is 8.78 Å². The summed E-state index contributed by atoms with van der Waals surface area (Å²) in [5.74, 6) is -0.587. The summed E-state index contributed by atoms with van der Waals surface area (Å²) in [6.07, 6.45) is 6.31. The number of fused-ring (bicyclic) bond motifs is 1. The van der Waals surface area contributed by atoms with Crippen LogP contribution in [0, 0.1) is 11.6 Å². The molecule has 3 aromatic rings. The van der Waals surface area contributed by atoms with E-state index in [2.05, 4.69) is 15.2 Å². The quantitative estimate of drug-likeness (QED) is 0.763. The first-order valence-electron chi connectivity index (χ1n) is 7.67. The molecule has 6 heteroatoms. The molecule has 1 aromatic carbocycles. The number of nitrogens with one attached hydrogen (secondary N) is 1. The standard InChI is InChI=1S/C17H15F2N3O/c18-11-5-6-15(13(19)7-11)23-12-8-14-17(20-9-12)16(22-21-14)10-3-1-2-4-10/h5-10H,1-4H2,(H,21,22). The summed E-state index contributed by atoms with van der Waals surface area (Å²) in [6.45, 7) is 0. The SMILES string of the molecule is Fc1ccc(Oc2cnc3c(C4CCCC4)[nH]nc3c2)c(F)c1. The molecule has 1 saturated carbocycles. The lowest BCUT2D eigenvalue weighted by Crippen LogP contribution is -1.94. The van der Waals surface area contributed by atoms with E-state index in [4.69, 9.17) is 4.74 Å². The van der Waals surface area contributed by atoms with Gasteiger partial charge in [-0.25, -0.2) is 13.8 Å². The van der Waals surface area contributed by atoms with E-state index in [1.54, 1.807) is 12.3 Å². The minimum absolute atomic E-state index is 0.0425. The maximum Gasteiger partial charge on any atom is 0.168 e. The Kier molecular flexibility index (Phi) is 3.44. The second-order valence-corrected chi connectivity index (χ2v) is 5.83. The molecule has 0 radical (unpaired) electrons. The molecular formula is C17H15F2N3O. The molecule has 1 fully saturated rings. The topological polar surface area (TPSA) is 50.8 Å². The molecule has 0 spiro atoms. The second-order valence-electron chi connectivity index (χ2n) is 5.83. The van der Waals surface area contributed by atoms with E-state index in [0.29, 0.717) is 17.2 Å². The van der Waals surface area contributed by atoms with Crippen LogP contribution in [0.15, 0.2) is 30.5 Å². The van der Waals surface area contributed by atoms with Gasteiger partial charge in [-0.15, -0.1) is 0 Å². The summed E-state index contributed by atoms with van der Waals surface area (Å²) < 4.78 is 32.0. The van der Waals surface area contributed by atoms with Crippen molar-refractivity contribution in [1.29, 1.82) is 0 Å². The zero-order valence-corrected chi connectivity index (χ0v) is 12.4. The van der Waals surface area contributed by atoms with Crippen molar-refractivity contribution in [2.75, 3.05) is 0 Å². The van der Waals surface area contributed by atoms with Crippen molar-refractivity contribution in [3.8, 4) is 11.5 Å². The van der Waals surface area contributed by atoms with Crippen molar-refractivity contribution in [2.24, 2.45) is 0 Å². The van der Waals surface area contributed by atoms with E-state index in [-0.39, 0.29) is 5.75 Å². The van der Waals surface area contributed by atoms with Gasteiger partial charge in [0.15, 0.2) is 11.6 Å². The third kappa shape index (κ3) is 2.65. The second kappa shape index (κ2) is 5.61. The van der Waals surface area contributed by atoms with Gasteiger partial charge in [-0.3, -0.25) is 5.10 Å². The molecule has 0 atom stereocenters. The van der Waals surface area contributed by atoms with Gasteiger partial charge in [0, 0.05) is 18.1 Å². The van der Waals surface area contributed by atoms with Crippen LogP contribution < -0.4 is 4.74 Å². The zero-order chi connectivity index (χ0) is 15.8. The van der Waals surface area contributed by atoms with E-state index >= 15 is 0 Å². The average molecular weight is 315 g/mol. The van der Waals surface area contributed by atoms with E-state index < -0.39 is 11.6 Å². The van der Waals surface area contributed by atoms with Crippen LogP contribution in [0.3, 0.4) is 0 Å². The minimum atomic E-state index is -0.751. The predicted molar refractivity (Wildman–Crippen MR) is 81.5 cm³/mol. The number of hydrogen-bond donors (Lipinski definition) is 1. The van der Waals surface area contributed by atoms with Gasteiger partial charge in [0.25, 0.3) is 0 Å². The van der Waals surface area contributed by atoms with Crippen LogP contribution in [0.2, 0.25) is 0 Å². The van der Waals surface area contributed by atoms with Crippen molar-refractivity contribution >= 4 is 11.0 Å². The van der Waals surface area contributed by atoms with Crippen molar-refractivity contribution in [3.05, 3.63) is 47.8 Å². The number of aromatic amines is 1. The molecule has 4 nitrogen and oxygen atoms in total. The number of nitrogens with zero attached hydrogens (tertiary/aromatic N) is 2. The number of aromatic nitrogens is 3. The maximum absolute atomic E-state index is 13.7. The van der Waals surface area contributed by atoms with E-state index in [9.17, 15) is 8.78 Å². The fraction of sp³-hybridized carbons (Fsp3) is 0.294. The average Bonchev–Trinajstić information content (AvgIpc) is 3.18. The Labute approximate surface area is 131 Å². The summed E-state index contributed by atoms with van der Waals surface area (Å²) in [5, 5.41) is 7.35. The van der Waals surface area contributed by atoms with Gasteiger partial charge in [-0.05, 0) is 25.0 Å². The summed E-state index contributed by atoms with van der Waals surface area (Å²) in [5.41, 5.74) is 2.59. The smallest absolute Gasteiger partial charge is 0.168 e. The van der Waals surface area contributed by atoms with Gasteiger partial charge in [-0.2, -0.15) is 5.10 Å². The Hall–Kier alpha value is -2.50. The number of rotatable bonds is 3. The Morgan fingerprint density at radius 1 is 1.13 bits per heavy atom. The number of halogens is 2. The lowest BCUT2D eigenvalue weighted by Gasteiger charge is -2.07. The van der Waals surface area contributed by atoms with Crippen molar-refractivity contribution in [1.82, 2.24) is 15.2 Å². The zero-order valence-electron chi connectivity index (χ0n) is 12.4. The summed E-state index contributed by atoms with van der Waals surface area (Å²) in [6, 6.07) is 4.90. The number of ether oxygens (including phenoxy) is 1. The van der Waals surface area contributed by atoms with Gasteiger partial charge in [0.05, 0.1) is 11.9 Å². The van der Waals surface area contributed by atoms with E-state index in [0.717, 1.165) is 36.2 Å². The molecular weight excluding hydrogens is 300 g/mol. The molecule has 1 aliphatic carbocycles. The van der Waals surface area contributed by atoms with Gasteiger partial charge in [0.1, 0.15) is 22.6 Å². The van der Waals surface area contributed by atoms with Gasteiger partial charge >= 0.3 is 0 Å². The fourth-order valence-electron chi connectivity index (χ4n) is 3.14. The van der Waals surface area contributed by atoms with Crippen LogP contribution in [0.1, 0.15) is 37.3 Å². The third-order valence-electron chi connectivity index (χ3n) is 4.28. The van der Waals surface area contributed by atoms with E-state index in [1.165, 1.54) is 18.9 Å². The molecule has 0 bridgehead atoms. The van der Waals surface area contributed by atoms with Crippen LogP contribution in [0.5, 0.6) is 11.5 Å². The predicted octanol–water partition coefficient (Wildman–Crippen LogP) is 4.69. The molecule has 118 valence electrons. The Balaban J connectivity index is 1.64. The molecule has 1 aliphatic rings. The summed E-state index contributed by atoms with van der Waals surface area (Å²) >= 11 is 0. The van der Waals surface area contributed by atoms with Crippen LogP contribution in [0.25, 0.3) is 11.0 Å². The molecule has 0 amide bonds. The molecule has 0 unspecified atom stereocenters. The van der Waals surface area contributed by atoms with E-state index in [1.807, 2.05) is 0 Å². The highest BCUT2D eigenvalue weighted by Gasteiger charge is 2.22. The molecule has 1 N–H and O–H groups in total. The molecule has 2 heterocycles. The van der Waals surface area contributed by atoms with Crippen LogP contribution in [-0.4, -0.2) is 15.2 Å². The summed E-state index contributed by atoms with van der Waals surface area (Å²) in [4.78, 5) is 4.41.